The van der Waals surface area contributed by atoms with Gasteiger partial charge in [-0.15, -0.1) is 0 Å². The number of halogens is 1. The molecule has 4 nitrogen and oxygen atoms in total. The van der Waals surface area contributed by atoms with Gasteiger partial charge in [0, 0.05) is 12.1 Å². The van der Waals surface area contributed by atoms with Crippen molar-refractivity contribution in [2.24, 2.45) is 0 Å². The highest BCUT2D eigenvalue weighted by Gasteiger charge is 2.25. The van der Waals surface area contributed by atoms with Crippen LogP contribution in [-0.4, -0.2) is 33.1 Å². The van der Waals surface area contributed by atoms with Crippen LogP contribution in [0.4, 0.5) is 0 Å². The van der Waals surface area contributed by atoms with Crippen LogP contribution in [-0.2, 0) is 9.84 Å². The van der Waals surface area contributed by atoms with Crippen LogP contribution in [0.3, 0.4) is 0 Å². The van der Waals surface area contributed by atoms with Crippen molar-refractivity contribution in [2.75, 3.05) is 18.6 Å². The summed E-state index contributed by atoms with van der Waals surface area (Å²) in [4.78, 5) is 0. The monoisotopic (exact) mass is 361 g/mol. The maximum Gasteiger partial charge on any atom is 0.151 e. The highest BCUT2D eigenvalue weighted by molar-refractivity contribution is 9.10. The lowest BCUT2D eigenvalue weighted by atomic mass is 10.1. The Labute approximate surface area is 129 Å². The van der Waals surface area contributed by atoms with Gasteiger partial charge >= 0.3 is 0 Å². The summed E-state index contributed by atoms with van der Waals surface area (Å²) in [6.45, 7) is 2.05. The summed E-state index contributed by atoms with van der Waals surface area (Å²) in [5.41, 5.74) is 1.11. The third-order valence-corrected chi connectivity index (χ3v) is 6.07. The Morgan fingerprint density at radius 1 is 1.45 bits per heavy atom. The SMILES string of the molecule is COc1ccc(C(C)NC2CCCS(=O)(=O)C2)cc1Br. The smallest absolute Gasteiger partial charge is 0.151 e. The molecule has 0 radical (unpaired) electrons. The number of rotatable bonds is 4. The topological polar surface area (TPSA) is 55.4 Å². The Morgan fingerprint density at radius 2 is 2.20 bits per heavy atom. The van der Waals surface area contributed by atoms with E-state index in [2.05, 4.69) is 28.2 Å². The number of benzene rings is 1. The summed E-state index contributed by atoms with van der Waals surface area (Å²) < 4.78 is 29.4. The minimum atomic E-state index is -2.87. The van der Waals surface area contributed by atoms with Gasteiger partial charge in [-0.3, -0.25) is 0 Å². The molecule has 1 N–H and O–H groups in total. The molecule has 0 aliphatic carbocycles. The number of methoxy groups -OCH3 is 1. The molecule has 0 spiro atoms. The number of hydrogen-bond acceptors (Lipinski definition) is 4. The molecule has 1 saturated heterocycles. The average Bonchev–Trinajstić information content (AvgIpc) is 2.37. The molecule has 0 aromatic heterocycles. The zero-order valence-electron chi connectivity index (χ0n) is 11.7. The van der Waals surface area contributed by atoms with Crippen molar-refractivity contribution in [3.63, 3.8) is 0 Å². The molecule has 112 valence electrons. The Hall–Kier alpha value is -0.590. The fraction of sp³-hybridized carbons (Fsp3) is 0.571. The van der Waals surface area contributed by atoms with Crippen LogP contribution >= 0.6 is 15.9 Å². The van der Waals surface area contributed by atoms with Crippen molar-refractivity contribution in [1.82, 2.24) is 5.32 Å². The number of nitrogens with one attached hydrogen (secondary N) is 1. The van der Waals surface area contributed by atoms with Gasteiger partial charge in [0.05, 0.1) is 23.1 Å². The predicted octanol–water partition coefficient (Wildman–Crippen LogP) is 2.69. The molecular formula is C14H20BrNO3S. The van der Waals surface area contributed by atoms with Crippen molar-refractivity contribution in [2.45, 2.75) is 31.8 Å². The summed E-state index contributed by atoms with van der Waals surface area (Å²) in [6.07, 6.45) is 1.67. The maximum atomic E-state index is 11.7. The van der Waals surface area contributed by atoms with E-state index in [1.807, 2.05) is 18.2 Å². The Morgan fingerprint density at radius 3 is 2.80 bits per heavy atom. The van der Waals surface area contributed by atoms with Crippen molar-refractivity contribution < 1.29 is 13.2 Å². The van der Waals surface area contributed by atoms with Crippen LogP contribution in [0.25, 0.3) is 0 Å². The summed E-state index contributed by atoms with van der Waals surface area (Å²) >= 11 is 3.47. The maximum absolute atomic E-state index is 11.7. The number of hydrogen-bond donors (Lipinski definition) is 1. The number of sulfone groups is 1. The normalized spacial score (nSPS) is 23.2. The van der Waals surface area contributed by atoms with E-state index in [1.54, 1.807) is 7.11 Å². The van der Waals surface area contributed by atoms with Gasteiger partial charge in [0.15, 0.2) is 9.84 Å². The zero-order chi connectivity index (χ0) is 14.8. The van der Waals surface area contributed by atoms with E-state index in [4.69, 9.17) is 4.74 Å². The molecule has 2 unspecified atom stereocenters. The first-order valence-corrected chi connectivity index (χ1v) is 9.32. The summed E-state index contributed by atoms with van der Waals surface area (Å²) in [5, 5.41) is 3.41. The summed E-state index contributed by atoms with van der Waals surface area (Å²) in [5.74, 6) is 1.36. The van der Waals surface area contributed by atoms with Gasteiger partial charge in [0.2, 0.25) is 0 Å². The third-order valence-electron chi connectivity index (χ3n) is 3.62. The molecule has 1 aliphatic rings. The predicted molar refractivity (Wildman–Crippen MR) is 83.9 cm³/mol. The first kappa shape index (κ1) is 15.8. The van der Waals surface area contributed by atoms with Gasteiger partial charge in [0.1, 0.15) is 5.75 Å². The lowest BCUT2D eigenvalue weighted by molar-refractivity contribution is 0.410. The Balaban J connectivity index is 2.04. The van der Waals surface area contributed by atoms with Gasteiger partial charge in [0.25, 0.3) is 0 Å². The average molecular weight is 362 g/mol. The molecule has 1 heterocycles. The minimum absolute atomic E-state index is 0.0460. The lowest BCUT2D eigenvalue weighted by Crippen LogP contribution is -2.41. The second-order valence-electron chi connectivity index (χ2n) is 5.24. The van der Waals surface area contributed by atoms with E-state index in [1.165, 1.54) is 0 Å². The van der Waals surface area contributed by atoms with Crippen LogP contribution in [0.2, 0.25) is 0 Å². The van der Waals surface area contributed by atoms with E-state index in [9.17, 15) is 8.42 Å². The van der Waals surface area contributed by atoms with Crippen LogP contribution in [0.5, 0.6) is 5.75 Å². The van der Waals surface area contributed by atoms with Gasteiger partial charge in [-0.2, -0.15) is 0 Å². The highest BCUT2D eigenvalue weighted by Crippen LogP contribution is 2.28. The second-order valence-corrected chi connectivity index (χ2v) is 8.32. The van der Waals surface area contributed by atoms with Gasteiger partial charge in [-0.25, -0.2) is 8.42 Å². The van der Waals surface area contributed by atoms with E-state index < -0.39 is 9.84 Å². The first-order chi connectivity index (χ1) is 9.41. The quantitative estimate of drug-likeness (QED) is 0.895. The van der Waals surface area contributed by atoms with Gasteiger partial charge in [-0.1, -0.05) is 6.07 Å². The molecule has 0 saturated carbocycles. The van der Waals surface area contributed by atoms with Crippen molar-refractivity contribution in [3.05, 3.63) is 28.2 Å². The second kappa shape index (κ2) is 6.45. The summed E-state index contributed by atoms with van der Waals surface area (Å²) in [7, 11) is -1.24. The van der Waals surface area contributed by atoms with Crippen LogP contribution in [0.15, 0.2) is 22.7 Å². The Kier molecular flexibility index (Phi) is 5.09. The van der Waals surface area contributed by atoms with E-state index >= 15 is 0 Å². The zero-order valence-corrected chi connectivity index (χ0v) is 14.1. The molecule has 1 aromatic rings. The molecule has 1 aliphatic heterocycles. The van der Waals surface area contributed by atoms with Crippen molar-refractivity contribution in [3.8, 4) is 5.75 Å². The molecule has 20 heavy (non-hydrogen) atoms. The summed E-state index contributed by atoms with van der Waals surface area (Å²) in [6, 6.07) is 6.07. The molecule has 0 bridgehead atoms. The van der Waals surface area contributed by atoms with Crippen LogP contribution in [0.1, 0.15) is 31.4 Å². The molecule has 6 heteroatoms. The molecular weight excluding hydrogens is 342 g/mol. The van der Waals surface area contributed by atoms with E-state index in [0.717, 1.165) is 28.6 Å². The van der Waals surface area contributed by atoms with Crippen LogP contribution < -0.4 is 10.1 Å². The first-order valence-electron chi connectivity index (χ1n) is 6.71. The fourth-order valence-electron chi connectivity index (χ4n) is 2.56. The largest absolute Gasteiger partial charge is 0.496 e. The fourth-order valence-corrected chi connectivity index (χ4v) is 4.76. The number of ether oxygens (including phenoxy) is 1. The lowest BCUT2D eigenvalue weighted by Gasteiger charge is -2.27. The van der Waals surface area contributed by atoms with Gasteiger partial charge in [-0.05, 0) is 53.4 Å². The van der Waals surface area contributed by atoms with Crippen LogP contribution in [0, 0.1) is 0 Å². The minimum Gasteiger partial charge on any atom is -0.496 e. The van der Waals surface area contributed by atoms with E-state index in [-0.39, 0.29) is 17.8 Å². The van der Waals surface area contributed by atoms with Crippen molar-refractivity contribution in [1.29, 1.82) is 0 Å². The standard InChI is InChI=1S/C14H20BrNO3S/c1-10(11-5-6-14(19-2)13(15)8-11)16-12-4-3-7-20(17,18)9-12/h5-6,8,10,12,16H,3-4,7,9H2,1-2H3. The molecule has 0 amide bonds. The van der Waals surface area contributed by atoms with Gasteiger partial charge < -0.3 is 10.1 Å². The molecule has 2 rings (SSSR count). The highest BCUT2D eigenvalue weighted by atomic mass is 79.9. The van der Waals surface area contributed by atoms with Crippen molar-refractivity contribution >= 4 is 25.8 Å². The molecule has 1 aromatic carbocycles. The third kappa shape index (κ3) is 3.96. The molecule has 1 fully saturated rings. The van der Waals surface area contributed by atoms with E-state index in [0.29, 0.717) is 5.75 Å². The molecule has 2 atom stereocenters. The Bertz CT molecular complexity index is 574.